The van der Waals surface area contributed by atoms with Crippen LogP contribution in [0, 0.1) is 10.4 Å². The number of hydrogen-bond donors (Lipinski definition) is 0. The predicted molar refractivity (Wildman–Crippen MR) is 127 cm³/mol. The summed E-state index contributed by atoms with van der Waals surface area (Å²) in [6, 6.07) is 19.2. The minimum atomic E-state index is 0.537. The van der Waals surface area contributed by atoms with Gasteiger partial charge in [0.05, 0.1) is 11.9 Å². The Hall–Kier alpha value is -3.72. The molecule has 0 aliphatic heterocycles. The summed E-state index contributed by atoms with van der Waals surface area (Å²) >= 11 is 0. The summed E-state index contributed by atoms with van der Waals surface area (Å²) in [5.74, 6) is 0.860. The van der Waals surface area contributed by atoms with Crippen molar-refractivity contribution in [2.75, 3.05) is 0 Å². The van der Waals surface area contributed by atoms with Crippen molar-refractivity contribution in [1.82, 2.24) is 9.97 Å². The molecule has 32 heavy (non-hydrogen) atoms. The van der Waals surface area contributed by atoms with Gasteiger partial charge in [0, 0.05) is 18.0 Å². The molecule has 156 valence electrons. The summed E-state index contributed by atoms with van der Waals surface area (Å²) in [5, 5.41) is 5.19. The molecule has 6 rings (SSSR count). The quantitative estimate of drug-likeness (QED) is 0.493. The number of ether oxygens (including phenoxy) is 1. The first-order valence-corrected chi connectivity index (χ1v) is 11.3. The van der Waals surface area contributed by atoms with Gasteiger partial charge >= 0.3 is 0 Å². The van der Waals surface area contributed by atoms with E-state index in [1.54, 1.807) is 12.4 Å². The highest BCUT2D eigenvalue weighted by Crippen LogP contribution is 2.24. The van der Waals surface area contributed by atoms with Crippen molar-refractivity contribution in [3.63, 3.8) is 0 Å². The lowest BCUT2D eigenvalue weighted by molar-refractivity contribution is 0.306. The molecule has 0 radical (unpaired) electrons. The van der Waals surface area contributed by atoms with Crippen LogP contribution in [0.1, 0.15) is 29.5 Å². The molecule has 3 nitrogen and oxygen atoms in total. The molecule has 2 aliphatic carbocycles. The summed E-state index contributed by atoms with van der Waals surface area (Å²) in [6.07, 6.45) is 14.6. The zero-order valence-corrected chi connectivity index (χ0v) is 17.9. The largest absolute Gasteiger partial charge is 0.489 e. The number of nitrogens with zero attached hydrogens (tertiary/aromatic N) is 2. The van der Waals surface area contributed by atoms with Gasteiger partial charge in [0.1, 0.15) is 12.4 Å². The van der Waals surface area contributed by atoms with E-state index < -0.39 is 0 Å². The standard InChI is InChI=1S/C29H24N2O/c1-2-6-20(7-3-1)19-32-22-16-27-25-11-10-21-8-4-5-9-23(21)24(25)12-13-26(27)28(17-22)29-18-30-14-15-31-29/h1-3,6-8,10-11,13-18H,4-5,9,12,19H2. The summed E-state index contributed by atoms with van der Waals surface area (Å²) < 4.78 is 6.28. The molecule has 1 aromatic heterocycles. The fourth-order valence-corrected chi connectivity index (χ4v) is 4.97. The smallest absolute Gasteiger partial charge is 0.121 e. The Morgan fingerprint density at radius 1 is 0.875 bits per heavy atom. The maximum atomic E-state index is 6.28. The van der Waals surface area contributed by atoms with Crippen molar-refractivity contribution in [3.05, 3.63) is 111 Å². The first-order chi connectivity index (χ1) is 15.9. The lowest BCUT2D eigenvalue weighted by Crippen LogP contribution is -2.21. The van der Waals surface area contributed by atoms with Crippen LogP contribution < -0.4 is 15.2 Å². The third kappa shape index (κ3) is 3.40. The van der Waals surface area contributed by atoms with Gasteiger partial charge in [-0.25, -0.2) is 0 Å². The molecule has 0 bridgehead atoms. The molecule has 3 heteroatoms. The fraction of sp³-hybridized carbons (Fsp3) is 0.172. The van der Waals surface area contributed by atoms with E-state index in [2.05, 4.69) is 58.5 Å². The van der Waals surface area contributed by atoms with Crippen molar-refractivity contribution < 1.29 is 4.74 Å². The Balaban J connectivity index is 1.59. The van der Waals surface area contributed by atoms with Crippen molar-refractivity contribution in [2.24, 2.45) is 0 Å². The molecule has 2 aliphatic rings. The summed E-state index contributed by atoms with van der Waals surface area (Å²) in [6.45, 7) is 0.537. The number of benzene rings is 3. The van der Waals surface area contributed by atoms with Gasteiger partial charge in [-0.05, 0) is 75.4 Å². The third-order valence-corrected chi connectivity index (χ3v) is 6.50. The minimum absolute atomic E-state index is 0.537. The first-order valence-electron chi connectivity index (χ1n) is 11.3. The Morgan fingerprint density at radius 2 is 1.81 bits per heavy atom. The van der Waals surface area contributed by atoms with Gasteiger partial charge in [0.2, 0.25) is 0 Å². The molecule has 0 fully saturated rings. The lowest BCUT2D eigenvalue weighted by atomic mass is 9.88. The van der Waals surface area contributed by atoms with Crippen LogP contribution >= 0.6 is 0 Å². The van der Waals surface area contributed by atoms with Crippen LogP contribution in [-0.4, -0.2) is 9.97 Å². The molecule has 0 atom stereocenters. The highest BCUT2D eigenvalue weighted by Gasteiger charge is 2.15. The number of hydrogen-bond acceptors (Lipinski definition) is 3. The third-order valence-electron chi connectivity index (χ3n) is 6.50. The number of fused-ring (bicyclic) bond motifs is 4. The van der Waals surface area contributed by atoms with Crippen molar-refractivity contribution >= 4 is 12.2 Å². The molecule has 4 aromatic rings. The maximum absolute atomic E-state index is 6.28. The zero-order valence-electron chi connectivity index (χ0n) is 17.9. The van der Waals surface area contributed by atoms with Gasteiger partial charge in [-0.1, -0.05) is 54.6 Å². The molecule has 1 heterocycles. The second-order valence-corrected chi connectivity index (χ2v) is 8.46. The van der Waals surface area contributed by atoms with E-state index >= 15 is 0 Å². The van der Waals surface area contributed by atoms with E-state index in [4.69, 9.17) is 4.74 Å². The highest BCUT2D eigenvalue weighted by atomic mass is 16.5. The molecule has 3 aromatic carbocycles. The van der Waals surface area contributed by atoms with Crippen molar-refractivity contribution in [1.29, 1.82) is 0 Å². The SMILES string of the molecule is C1=c2ccc3c(c2CCC1)CC=c1c(-c2cnccn2)cc(OCc2ccccc2)cc1=3. The molecular weight excluding hydrogens is 392 g/mol. The molecular formula is C29H24N2O. The van der Waals surface area contributed by atoms with Gasteiger partial charge in [0.25, 0.3) is 0 Å². The fourth-order valence-electron chi connectivity index (χ4n) is 4.97. The Labute approximate surface area is 187 Å². The van der Waals surface area contributed by atoms with Gasteiger partial charge in [-0.15, -0.1) is 0 Å². The molecule has 0 N–H and O–H groups in total. The minimum Gasteiger partial charge on any atom is -0.489 e. The Morgan fingerprint density at radius 3 is 2.69 bits per heavy atom. The topological polar surface area (TPSA) is 35.0 Å². The summed E-state index contributed by atoms with van der Waals surface area (Å²) in [7, 11) is 0. The Kier molecular flexibility index (Phi) is 4.80. The number of aromatic nitrogens is 2. The van der Waals surface area contributed by atoms with Gasteiger partial charge in [-0.2, -0.15) is 0 Å². The van der Waals surface area contributed by atoms with Crippen LogP contribution in [0.4, 0.5) is 0 Å². The predicted octanol–water partition coefficient (Wildman–Crippen LogP) is 4.46. The zero-order chi connectivity index (χ0) is 21.3. The van der Waals surface area contributed by atoms with Crippen LogP contribution in [0.25, 0.3) is 23.4 Å². The lowest BCUT2D eigenvalue weighted by Gasteiger charge is -2.18. The van der Waals surface area contributed by atoms with Crippen LogP contribution in [-0.2, 0) is 19.4 Å². The van der Waals surface area contributed by atoms with Gasteiger partial charge in [-0.3, -0.25) is 9.97 Å². The molecule has 0 spiro atoms. The maximum Gasteiger partial charge on any atom is 0.121 e. The molecule has 0 saturated heterocycles. The van der Waals surface area contributed by atoms with Crippen molar-refractivity contribution in [3.8, 4) is 17.0 Å². The second kappa shape index (κ2) is 8.08. The van der Waals surface area contributed by atoms with E-state index in [1.165, 1.54) is 51.3 Å². The average Bonchev–Trinajstić information content (AvgIpc) is 2.87. The highest BCUT2D eigenvalue weighted by molar-refractivity contribution is 5.65. The molecule has 0 unspecified atom stereocenters. The number of rotatable bonds is 4. The second-order valence-electron chi connectivity index (χ2n) is 8.46. The van der Waals surface area contributed by atoms with E-state index in [0.717, 1.165) is 29.0 Å². The van der Waals surface area contributed by atoms with E-state index in [1.807, 2.05) is 24.4 Å². The first kappa shape index (κ1) is 19.0. The summed E-state index contributed by atoms with van der Waals surface area (Å²) in [4.78, 5) is 8.91. The van der Waals surface area contributed by atoms with E-state index in [-0.39, 0.29) is 0 Å². The van der Waals surface area contributed by atoms with Gasteiger partial charge < -0.3 is 4.74 Å². The van der Waals surface area contributed by atoms with Crippen LogP contribution in [0.3, 0.4) is 0 Å². The van der Waals surface area contributed by atoms with Crippen molar-refractivity contribution in [2.45, 2.75) is 32.3 Å². The van der Waals surface area contributed by atoms with E-state index in [0.29, 0.717) is 6.61 Å². The molecule has 0 saturated carbocycles. The van der Waals surface area contributed by atoms with Gasteiger partial charge in [0.15, 0.2) is 0 Å². The average molecular weight is 417 g/mol. The van der Waals surface area contributed by atoms with E-state index in [9.17, 15) is 0 Å². The molecule has 0 amide bonds. The van der Waals surface area contributed by atoms with Crippen LogP contribution in [0.5, 0.6) is 5.75 Å². The summed E-state index contributed by atoms with van der Waals surface area (Å²) in [5.41, 5.74) is 6.10. The Bertz CT molecular complexity index is 1510. The monoisotopic (exact) mass is 416 g/mol. The van der Waals surface area contributed by atoms with Crippen LogP contribution in [0.15, 0.2) is 73.2 Å². The van der Waals surface area contributed by atoms with Crippen LogP contribution in [0.2, 0.25) is 0 Å². The normalized spacial score (nSPS) is 13.8.